The minimum Gasteiger partial charge on any atom is -0.310 e. The molecule has 3 heterocycles. The summed E-state index contributed by atoms with van der Waals surface area (Å²) in [5.41, 5.74) is 3.85. The number of fused-ring (bicyclic) bond motifs is 1. The Labute approximate surface area is 200 Å². The maximum atomic E-state index is 6.05. The Bertz CT molecular complexity index is 1120. The number of rotatable bonds is 4. The normalized spacial score (nSPS) is 10.6. The van der Waals surface area contributed by atoms with Crippen molar-refractivity contribution >= 4 is 35.0 Å². The summed E-state index contributed by atoms with van der Waals surface area (Å²) in [7, 11) is 0. The lowest BCUT2D eigenvalue weighted by molar-refractivity contribution is 0.590. The van der Waals surface area contributed by atoms with E-state index in [-0.39, 0.29) is 5.41 Å². The van der Waals surface area contributed by atoms with Crippen LogP contribution in [-0.4, -0.2) is 19.6 Å². The highest BCUT2D eigenvalue weighted by molar-refractivity contribution is 8.00. The second kappa shape index (κ2) is 11.9. The van der Waals surface area contributed by atoms with Gasteiger partial charge in [0.05, 0.1) is 10.7 Å². The van der Waals surface area contributed by atoms with Crippen LogP contribution in [0.1, 0.15) is 54.0 Å². The minimum atomic E-state index is 0.147. The number of aromatic nitrogens is 4. The molecule has 4 aromatic rings. The zero-order valence-electron chi connectivity index (χ0n) is 19.8. The predicted octanol–water partition coefficient (Wildman–Crippen LogP) is 7.91. The lowest BCUT2D eigenvalue weighted by atomic mass is 9.87. The van der Waals surface area contributed by atoms with Gasteiger partial charge >= 0.3 is 0 Å². The Kier molecular flexibility index (Phi) is 9.54. The molecule has 0 bridgehead atoms. The van der Waals surface area contributed by atoms with E-state index in [2.05, 4.69) is 64.8 Å². The third kappa shape index (κ3) is 6.47. The molecule has 170 valence electrons. The van der Waals surface area contributed by atoms with E-state index in [9.17, 15) is 0 Å². The quantitative estimate of drug-likeness (QED) is 0.307. The number of benzene rings is 1. The van der Waals surface area contributed by atoms with Gasteiger partial charge in [0.1, 0.15) is 5.82 Å². The van der Waals surface area contributed by atoms with Crippen LogP contribution >= 0.6 is 23.5 Å². The van der Waals surface area contributed by atoms with E-state index in [0.717, 1.165) is 27.6 Å². The first-order valence-electron chi connectivity index (χ1n) is 10.9. The maximum Gasteiger partial charge on any atom is 0.157 e. The van der Waals surface area contributed by atoms with Crippen LogP contribution in [0.2, 0.25) is 5.02 Å². The Balaban J connectivity index is 0.000000860. The van der Waals surface area contributed by atoms with Crippen LogP contribution in [0, 0.1) is 0 Å². The fourth-order valence-electron chi connectivity index (χ4n) is 2.80. The van der Waals surface area contributed by atoms with Gasteiger partial charge in [-0.25, -0.2) is 4.98 Å². The summed E-state index contributed by atoms with van der Waals surface area (Å²) in [6.45, 7) is 14.6. The number of nitrogens with one attached hydrogen (secondary N) is 1. The van der Waals surface area contributed by atoms with Crippen LogP contribution in [-0.2, 0) is 5.41 Å². The first-order chi connectivity index (χ1) is 15.4. The highest BCUT2D eigenvalue weighted by Gasteiger charge is 2.13. The van der Waals surface area contributed by atoms with E-state index in [1.165, 1.54) is 5.56 Å². The van der Waals surface area contributed by atoms with Crippen molar-refractivity contribution in [2.75, 3.05) is 4.72 Å². The van der Waals surface area contributed by atoms with Crippen molar-refractivity contribution in [3.8, 4) is 11.3 Å². The maximum absolute atomic E-state index is 6.05. The van der Waals surface area contributed by atoms with Gasteiger partial charge in [-0.05, 0) is 47.2 Å². The van der Waals surface area contributed by atoms with Gasteiger partial charge in [0, 0.05) is 35.1 Å². The molecule has 7 heteroatoms. The molecule has 1 aromatic carbocycles. The van der Waals surface area contributed by atoms with Crippen molar-refractivity contribution in [1.82, 2.24) is 19.6 Å². The lowest BCUT2D eigenvalue weighted by Gasteiger charge is -2.19. The molecule has 5 nitrogen and oxygen atoms in total. The number of nitrogens with zero attached hydrogens (tertiary/aromatic N) is 4. The molecule has 0 amide bonds. The molecule has 0 radical (unpaired) electrons. The van der Waals surface area contributed by atoms with Crippen molar-refractivity contribution in [3.05, 3.63) is 71.6 Å². The zero-order chi connectivity index (χ0) is 23.7. The van der Waals surface area contributed by atoms with E-state index in [1.54, 1.807) is 35.1 Å². The third-order valence-electron chi connectivity index (χ3n) is 4.35. The zero-order valence-corrected chi connectivity index (χ0v) is 21.4. The summed E-state index contributed by atoms with van der Waals surface area (Å²) in [5, 5.41) is 5.24. The van der Waals surface area contributed by atoms with E-state index in [1.807, 2.05) is 45.9 Å². The number of hydrogen-bond acceptors (Lipinski definition) is 5. The summed E-state index contributed by atoms with van der Waals surface area (Å²) in [5.74, 6) is 0.844. The Morgan fingerprint density at radius 3 is 2.25 bits per heavy atom. The molecule has 0 aliphatic rings. The molecule has 0 aliphatic carbocycles. The molecule has 0 saturated carbocycles. The fraction of sp³-hybridized carbons (Fsp3) is 0.320. The van der Waals surface area contributed by atoms with Crippen molar-refractivity contribution in [2.24, 2.45) is 0 Å². The number of halogens is 1. The highest BCUT2D eigenvalue weighted by Crippen LogP contribution is 2.27. The molecule has 0 unspecified atom stereocenters. The molecule has 0 aliphatic heterocycles. The largest absolute Gasteiger partial charge is 0.310 e. The van der Waals surface area contributed by atoms with Gasteiger partial charge in [0.25, 0.3) is 0 Å². The average molecular weight is 470 g/mol. The summed E-state index contributed by atoms with van der Waals surface area (Å²) in [4.78, 5) is 9.66. The van der Waals surface area contributed by atoms with Crippen LogP contribution in [0.15, 0.2) is 66.0 Å². The smallest absolute Gasteiger partial charge is 0.157 e. The van der Waals surface area contributed by atoms with Gasteiger partial charge in [-0.3, -0.25) is 4.98 Å². The number of hydrogen-bond donors (Lipinski definition) is 1. The van der Waals surface area contributed by atoms with E-state index in [0.29, 0.717) is 5.02 Å². The van der Waals surface area contributed by atoms with Gasteiger partial charge < -0.3 is 4.72 Å². The Morgan fingerprint density at radius 2 is 1.62 bits per heavy atom. The molecule has 0 spiro atoms. The van der Waals surface area contributed by atoms with E-state index >= 15 is 0 Å². The van der Waals surface area contributed by atoms with Crippen LogP contribution < -0.4 is 4.72 Å². The van der Waals surface area contributed by atoms with Crippen LogP contribution in [0.4, 0.5) is 5.82 Å². The minimum absolute atomic E-state index is 0.147. The van der Waals surface area contributed by atoms with Gasteiger partial charge in [0.15, 0.2) is 5.65 Å². The first kappa shape index (κ1) is 25.7. The molecule has 1 N–H and O–H groups in total. The summed E-state index contributed by atoms with van der Waals surface area (Å²) in [6.07, 6.45) is 5.11. The van der Waals surface area contributed by atoms with Crippen molar-refractivity contribution in [2.45, 2.75) is 58.8 Å². The summed E-state index contributed by atoms with van der Waals surface area (Å²) in [6, 6.07) is 14.3. The van der Waals surface area contributed by atoms with Crippen LogP contribution in [0.3, 0.4) is 0 Å². The molecular weight excluding hydrogens is 438 g/mol. The molecule has 0 saturated heterocycles. The second-order valence-electron chi connectivity index (χ2n) is 7.50. The molecule has 3 aromatic heterocycles. The fourth-order valence-corrected chi connectivity index (χ4v) is 3.62. The van der Waals surface area contributed by atoms with Crippen molar-refractivity contribution in [3.63, 3.8) is 0 Å². The van der Waals surface area contributed by atoms with Crippen LogP contribution in [0.25, 0.3) is 16.9 Å². The first-order valence-corrected chi connectivity index (χ1v) is 12.1. The van der Waals surface area contributed by atoms with Crippen molar-refractivity contribution in [1.29, 1.82) is 0 Å². The van der Waals surface area contributed by atoms with Gasteiger partial charge in [-0.15, -0.1) is 0 Å². The predicted molar refractivity (Wildman–Crippen MR) is 139 cm³/mol. The summed E-state index contributed by atoms with van der Waals surface area (Å²) >= 11 is 7.60. The highest BCUT2D eigenvalue weighted by atomic mass is 35.5. The van der Waals surface area contributed by atoms with E-state index < -0.39 is 0 Å². The average Bonchev–Trinajstić information content (AvgIpc) is 3.25. The van der Waals surface area contributed by atoms with E-state index in [4.69, 9.17) is 11.6 Å². The van der Waals surface area contributed by atoms with Gasteiger partial charge in [-0.2, -0.15) is 9.61 Å². The molecule has 0 fully saturated rings. The number of anilines is 1. The SMILES string of the molecule is CC.CC.CC(C)(C)c1ccc(SNc2ccnc3cc(-c4cncc(Cl)c4)nn23)cc1. The third-order valence-corrected chi connectivity index (χ3v) is 5.38. The van der Waals surface area contributed by atoms with Crippen LogP contribution in [0.5, 0.6) is 0 Å². The molecule has 0 atom stereocenters. The monoisotopic (exact) mass is 469 g/mol. The Hall–Kier alpha value is -2.57. The molecule has 4 rings (SSSR count). The van der Waals surface area contributed by atoms with Crippen molar-refractivity contribution < 1.29 is 0 Å². The van der Waals surface area contributed by atoms with Gasteiger partial charge in [-0.1, -0.05) is 72.2 Å². The lowest BCUT2D eigenvalue weighted by Crippen LogP contribution is -2.10. The standard InChI is InChI=1S/C21H20ClN5S.2C2H6/c1-21(2,3)15-4-6-17(7-5-15)28-26-19-8-9-24-20-11-18(25-27(19)20)14-10-16(22)13-23-12-14;2*1-2/h4-13,26H,1-3H3;2*1-2H3. The summed E-state index contributed by atoms with van der Waals surface area (Å²) < 4.78 is 5.16. The van der Waals surface area contributed by atoms with Gasteiger partial charge in [0.2, 0.25) is 0 Å². The molecule has 32 heavy (non-hydrogen) atoms. The Morgan fingerprint density at radius 1 is 0.938 bits per heavy atom. The topological polar surface area (TPSA) is 55.1 Å². The molecular formula is C25H32ClN5S. The number of pyridine rings is 1. The second-order valence-corrected chi connectivity index (χ2v) is 8.82.